The molecule has 1 N–H and O–H groups in total. The number of carbonyl (C=O) groups is 1. The van der Waals surface area contributed by atoms with Crippen LogP contribution in [0, 0.1) is 0 Å². The quantitative estimate of drug-likeness (QED) is 0.718. The molecule has 14 heavy (non-hydrogen) atoms. The average molecular weight is 198 g/mol. The van der Waals surface area contributed by atoms with Crippen LogP contribution in [0.15, 0.2) is 0 Å². The van der Waals surface area contributed by atoms with Gasteiger partial charge in [-0.25, -0.2) is 4.79 Å². The van der Waals surface area contributed by atoms with E-state index in [9.17, 15) is 4.79 Å². The van der Waals surface area contributed by atoms with Crippen molar-refractivity contribution in [2.75, 3.05) is 26.2 Å². The highest BCUT2D eigenvalue weighted by Gasteiger charge is 2.22. The van der Waals surface area contributed by atoms with Crippen LogP contribution in [0.2, 0.25) is 0 Å². The van der Waals surface area contributed by atoms with E-state index in [0.29, 0.717) is 0 Å². The molecule has 2 aliphatic heterocycles. The lowest BCUT2D eigenvalue weighted by Gasteiger charge is -2.32. The highest BCUT2D eigenvalue weighted by molar-refractivity contribution is 5.74. The molecule has 0 aromatic heterocycles. The Balaban J connectivity index is 1.79. The minimum absolute atomic E-state index is 0.0745. The van der Waals surface area contributed by atoms with Gasteiger partial charge in [0.2, 0.25) is 0 Å². The van der Waals surface area contributed by atoms with Crippen molar-refractivity contribution in [3.05, 3.63) is 0 Å². The van der Waals surface area contributed by atoms with E-state index in [1.54, 1.807) is 0 Å². The number of ether oxygens (including phenoxy) is 1. The van der Waals surface area contributed by atoms with Gasteiger partial charge in [-0.1, -0.05) is 0 Å². The van der Waals surface area contributed by atoms with Gasteiger partial charge in [-0.3, -0.25) is 0 Å². The van der Waals surface area contributed by atoms with Crippen LogP contribution in [0.4, 0.5) is 4.79 Å². The maximum absolute atomic E-state index is 11.4. The summed E-state index contributed by atoms with van der Waals surface area (Å²) in [5, 5.41) is 2.85. The largest absolute Gasteiger partial charge is 0.376 e. The van der Waals surface area contributed by atoms with Gasteiger partial charge in [-0.05, 0) is 25.7 Å². The third-order valence-electron chi connectivity index (χ3n) is 2.87. The molecule has 4 nitrogen and oxygen atoms in total. The summed E-state index contributed by atoms with van der Waals surface area (Å²) in [6, 6.07) is 0.0745. The summed E-state index contributed by atoms with van der Waals surface area (Å²) in [5.74, 6) is 0. The number of rotatable bonds is 2. The molecule has 0 spiro atoms. The summed E-state index contributed by atoms with van der Waals surface area (Å²) in [6.45, 7) is 3.33. The lowest BCUT2D eigenvalue weighted by atomic mass is 10.1. The van der Waals surface area contributed by atoms with Crippen LogP contribution in [0.5, 0.6) is 0 Å². The fraction of sp³-hybridized carbons (Fsp3) is 0.900. The minimum atomic E-state index is 0.0745. The molecule has 4 heteroatoms. The van der Waals surface area contributed by atoms with E-state index in [2.05, 4.69) is 5.32 Å². The molecular formula is C10H18N2O2. The SMILES string of the molecule is O=C1NCCCN1CC1CCCCO1. The van der Waals surface area contributed by atoms with Gasteiger partial charge in [0.1, 0.15) is 0 Å². The van der Waals surface area contributed by atoms with Crippen molar-refractivity contribution >= 4 is 6.03 Å². The van der Waals surface area contributed by atoms with E-state index < -0.39 is 0 Å². The monoisotopic (exact) mass is 198 g/mol. The molecule has 0 aromatic carbocycles. The van der Waals surface area contributed by atoms with Crippen molar-refractivity contribution in [2.24, 2.45) is 0 Å². The van der Waals surface area contributed by atoms with Crippen molar-refractivity contribution < 1.29 is 9.53 Å². The molecule has 2 saturated heterocycles. The molecule has 2 aliphatic rings. The number of nitrogens with one attached hydrogen (secondary N) is 1. The zero-order valence-corrected chi connectivity index (χ0v) is 8.50. The predicted octanol–water partition coefficient (Wildman–Crippen LogP) is 0.971. The number of hydrogen-bond acceptors (Lipinski definition) is 2. The fourth-order valence-electron chi connectivity index (χ4n) is 2.05. The predicted molar refractivity (Wildman–Crippen MR) is 53.2 cm³/mol. The lowest BCUT2D eigenvalue weighted by Crippen LogP contribution is -2.49. The number of amides is 2. The Morgan fingerprint density at radius 1 is 1.43 bits per heavy atom. The van der Waals surface area contributed by atoms with Crippen LogP contribution in [0.3, 0.4) is 0 Å². The summed E-state index contributed by atoms with van der Waals surface area (Å²) < 4.78 is 5.61. The molecule has 0 aromatic rings. The van der Waals surface area contributed by atoms with Gasteiger partial charge in [0.05, 0.1) is 6.10 Å². The van der Waals surface area contributed by atoms with Gasteiger partial charge in [-0.15, -0.1) is 0 Å². The maximum Gasteiger partial charge on any atom is 0.317 e. The third-order valence-corrected chi connectivity index (χ3v) is 2.87. The smallest absolute Gasteiger partial charge is 0.317 e. The molecule has 0 aliphatic carbocycles. The number of hydrogen-bond donors (Lipinski definition) is 1. The summed E-state index contributed by atoms with van der Waals surface area (Å²) in [7, 11) is 0. The van der Waals surface area contributed by atoms with Crippen molar-refractivity contribution in [1.29, 1.82) is 0 Å². The second-order valence-corrected chi connectivity index (χ2v) is 4.02. The summed E-state index contributed by atoms with van der Waals surface area (Å²) >= 11 is 0. The molecule has 0 bridgehead atoms. The average Bonchev–Trinajstić information content (AvgIpc) is 2.23. The third kappa shape index (κ3) is 2.38. The van der Waals surface area contributed by atoms with Crippen LogP contribution in [0.25, 0.3) is 0 Å². The van der Waals surface area contributed by atoms with E-state index in [1.165, 1.54) is 12.8 Å². The van der Waals surface area contributed by atoms with Crippen molar-refractivity contribution in [3.8, 4) is 0 Å². The zero-order chi connectivity index (χ0) is 9.80. The van der Waals surface area contributed by atoms with E-state index >= 15 is 0 Å². The second kappa shape index (κ2) is 4.64. The summed E-state index contributed by atoms with van der Waals surface area (Å²) in [6.07, 6.45) is 4.83. The first-order valence-electron chi connectivity index (χ1n) is 5.50. The maximum atomic E-state index is 11.4. The van der Waals surface area contributed by atoms with Crippen molar-refractivity contribution in [1.82, 2.24) is 10.2 Å². The highest BCUT2D eigenvalue weighted by atomic mass is 16.5. The summed E-state index contributed by atoms with van der Waals surface area (Å²) in [4.78, 5) is 13.3. The number of carbonyl (C=O) groups excluding carboxylic acids is 1. The molecule has 1 unspecified atom stereocenters. The van der Waals surface area contributed by atoms with E-state index in [4.69, 9.17) is 4.74 Å². The van der Waals surface area contributed by atoms with Gasteiger partial charge in [0, 0.05) is 26.2 Å². The number of nitrogens with zero attached hydrogens (tertiary/aromatic N) is 1. The molecular weight excluding hydrogens is 180 g/mol. The summed E-state index contributed by atoms with van der Waals surface area (Å²) in [5.41, 5.74) is 0. The van der Waals surface area contributed by atoms with Crippen molar-refractivity contribution in [2.45, 2.75) is 31.8 Å². The van der Waals surface area contributed by atoms with Crippen LogP contribution < -0.4 is 5.32 Å². The van der Waals surface area contributed by atoms with Crippen LogP contribution in [-0.2, 0) is 4.74 Å². The zero-order valence-electron chi connectivity index (χ0n) is 8.50. The molecule has 2 fully saturated rings. The first-order chi connectivity index (χ1) is 6.86. The molecule has 2 rings (SSSR count). The second-order valence-electron chi connectivity index (χ2n) is 4.02. The van der Waals surface area contributed by atoms with Gasteiger partial charge in [-0.2, -0.15) is 0 Å². The van der Waals surface area contributed by atoms with Gasteiger partial charge in [0.15, 0.2) is 0 Å². The van der Waals surface area contributed by atoms with Crippen LogP contribution in [0.1, 0.15) is 25.7 Å². The Labute approximate surface area is 84.6 Å². The Morgan fingerprint density at radius 2 is 2.36 bits per heavy atom. The minimum Gasteiger partial charge on any atom is -0.376 e. The normalized spacial score (nSPS) is 28.7. The topological polar surface area (TPSA) is 41.6 Å². The van der Waals surface area contributed by atoms with Gasteiger partial charge in [0.25, 0.3) is 0 Å². The molecule has 0 radical (unpaired) electrons. The van der Waals surface area contributed by atoms with Gasteiger partial charge < -0.3 is 15.0 Å². The Morgan fingerprint density at radius 3 is 3.07 bits per heavy atom. The van der Waals surface area contributed by atoms with E-state index in [1.807, 2.05) is 4.90 Å². The Kier molecular flexibility index (Phi) is 3.24. The van der Waals surface area contributed by atoms with Crippen molar-refractivity contribution in [3.63, 3.8) is 0 Å². The molecule has 80 valence electrons. The standard InChI is InChI=1S/C10H18N2O2/c13-10-11-5-3-6-12(10)8-9-4-1-2-7-14-9/h9H,1-8H2,(H,11,13). The van der Waals surface area contributed by atoms with Crippen LogP contribution in [-0.4, -0.2) is 43.3 Å². The highest BCUT2D eigenvalue weighted by Crippen LogP contribution is 2.14. The lowest BCUT2D eigenvalue weighted by molar-refractivity contribution is -0.000638. The van der Waals surface area contributed by atoms with E-state index in [0.717, 1.165) is 39.1 Å². The molecule has 2 heterocycles. The Bertz CT molecular complexity index is 202. The number of urea groups is 1. The molecule has 1 atom stereocenters. The molecule has 0 saturated carbocycles. The first kappa shape index (κ1) is 9.77. The fourth-order valence-corrected chi connectivity index (χ4v) is 2.05. The van der Waals surface area contributed by atoms with Crippen LogP contribution >= 0.6 is 0 Å². The van der Waals surface area contributed by atoms with Gasteiger partial charge >= 0.3 is 6.03 Å². The Hall–Kier alpha value is -0.770. The molecule has 2 amide bonds. The van der Waals surface area contributed by atoms with E-state index in [-0.39, 0.29) is 12.1 Å². The first-order valence-corrected chi connectivity index (χ1v) is 5.50.